The third-order valence-electron chi connectivity index (χ3n) is 5.19. The Hall–Kier alpha value is -1.98. The van der Waals surface area contributed by atoms with Gasteiger partial charge in [0, 0.05) is 12.6 Å². The number of carbonyl (C=O) groups excluding carboxylic acids is 1. The maximum absolute atomic E-state index is 13.2. The molecule has 1 amide bonds. The quantitative estimate of drug-likeness (QED) is 0.685. The first-order valence-corrected chi connectivity index (χ1v) is 6.81. The molecule has 0 bridgehead atoms. The number of carbonyl (C=O) groups is 1. The number of nitrogens with one attached hydrogen (secondary N) is 1. The van der Waals surface area contributed by atoms with E-state index in [0.717, 1.165) is 18.2 Å². The van der Waals surface area contributed by atoms with Crippen LogP contribution in [0.25, 0.3) is 0 Å². The number of nitro groups is 1. The Labute approximate surface area is 122 Å². The summed E-state index contributed by atoms with van der Waals surface area (Å²) in [6, 6.07) is 2.88. The standard InChI is InChI=1S/C15H19FN2O3/c1-14(2)12(15(14,3)4)8-17-13(19)10-7-9(16)5-6-11(10)18(20)21/h5-7,12H,8H2,1-4H3,(H,17,19). The summed E-state index contributed by atoms with van der Waals surface area (Å²) in [7, 11) is 0. The topological polar surface area (TPSA) is 72.2 Å². The maximum Gasteiger partial charge on any atom is 0.282 e. The highest BCUT2D eigenvalue weighted by Crippen LogP contribution is 2.67. The van der Waals surface area contributed by atoms with Gasteiger partial charge in [0.1, 0.15) is 11.4 Å². The molecule has 114 valence electrons. The van der Waals surface area contributed by atoms with Crippen molar-refractivity contribution in [2.24, 2.45) is 16.7 Å². The summed E-state index contributed by atoms with van der Waals surface area (Å²) in [4.78, 5) is 22.3. The van der Waals surface area contributed by atoms with Crippen molar-refractivity contribution in [1.82, 2.24) is 5.32 Å². The highest BCUT2D eigenvalue weighted by Gasteiger charge is 2.64. The molecule has 0 heterocycles. The van der Waals surface area contributed by atoms with Gasteiger partial charge in [0.05, 0.1) is 4.92 Å². The molecule has 0 spiro atoms. The van der Waals surface area contributed by atoms with Gasteiger partial charge in [-0.15, -0.1) is 0 Å². The summed E-state index contributed by atoms with van der Waals surface area (Å²) in [5, 5.41) is 13.6. The Morgan fingerprint density at radius 3 is 2.38 bits per heavy atom. The molecule has 1 saturated carbocycles. The molecule has 1 aromatic carbocycles. The van der Waals surface area contributed by atoms with Gasteiger partial charge in [-0.1, -0.05) is 27.7 Å². The molecule has 0 aliphatic heterocycles. The average Bonchev–Trinajstić information content (AvgIpc) is 2.76. The van der Waals surface area contributed by atoms with Crippen LogP contribution in [0.4, 0.5) is 10.1 Å². The third-order valence-corrected chi connectivity index (χ3v) is 5.19. The molecule has 0 unspecified atom stereocenters. The monoisotopic (exact) mass is 294 g/mol. The second kappa shape index (κ2) is 4.79. The van der Waals surface area contributed by atoms with Crippen molar-refractivity contribution < 1.29 is 14.1 Å². The molecule has 2 rings (SSSR count). The summed E-state index contributed by atoms with van der Waals surface area (Å²) in [6.45, 7) is 8.90. The normalized spacial score (nSPS) is 19.1. The van der Waals surface area contributed by atoms with Gasteiger partial charge in [0.25, 0.3) is 11.6 Å². The number of benzene rings is 1. The van der Waals surface area contributed by atoms with Crippen LogP contribution in [0.1, 0.15) is 38.1 Å². The van der Waals surface area contributed by atoms with Crippen LogP contribution >= 0.6 is 0 Å². The van der Waals surface area contributed by atoms with E-state index in [1.165, 1.54) is 0 Å². The summed E-state index contributed by atoms with van der Waals surface area (Å²) in [5.41, 5.74) is -0.415. The largest absolute Gasteiger partial charge is 0.351 e. The van der Waals surface area contributed by atoms with Crippen LogP contribution in [0.2, 0.25) is 0 Å². The van der Waals surface area contributed by atoms with E-state index in [0.29, 0.717) is 12.5 Å². The van der Waals surface area contributed by atoms with Crippen molar-refractivity contribution in [3.8, 4) is 0 Å². The van der Waals surface area contributed by atoms with Crippen molar-refractivity contribution in [1.29, 1.82) is 0 Å². The van der Waals surface area contributed by atoms with Gasteiger partial charge in [-0.3, -0.25) is 14.9 Å². The highest BCUT2D eigenvalue weighted by atomic mass is 19.1. The molecule has 5 nitrogen and oxygen atoms in total. The molecular weight excluding hydrogens is 275 g/mol. The highest BCUT2D eigenvalue weighted by molar-refractivity contribution is 5.98. The number of amides is 1. The molecule has 1 N–H and O–H groups in total. The molecule has 1 aliphatic carbocycles. The van der Waals surface area contributed by atoms with E-state index in [2.05, 4.69) is 33.0 Å². The van der Waals surface area contributed by atoms with E-state index in [1.807, 2.05) is 0 Å². The fraction of sp³-hybridized carbons (Fsp3) is 0.533. The number of nitrogens with zero attached hydrogens (tertiary/aromatic N) is 1. The zero-order valence-electron chi connectivity index (χ0n) is 12.6. The molecule has 6 heteroatoms. The number of nitro benzene ring substituents is 1. The predicted molar refractivity (Wildman–Crippen MR) is 76.4 cm³/mol. The second-order valence-corrected chi connectivity index (χ2v) is 6.62. The molecule has 0 atom stereocenters. The lowest BCUT2D eigenvalue weighted by Gasteiger charge is -2.07. The summed E-state index contributed by atoms with van der Waals surface area (Å²) in [6.07, 6.45) is 0. The van der Waals surface area contributed by atoms with E-state index in [-0.39, 0.29) is 22.1 Å². The molecule has 0 aromatic heterocycles. The predicted octanol–water partition coefficient (Wildman–Crippen LogP) is 3.15. The van der Waals surface area contributed by atoms with Crippen LogP contribution in [0.15, 0.2) is 18.2 Å². The molecular formula is C15H19FN2O3. The van der Waals surface area contributed by atoms with Gasteiger partial charge in [-0.05, 0) is 28.9 Å². The summed E-state index contributed by atoms with van der Waals surface area (Å²) < 4.78 is 13.2. The van der Waals surface area contributed by atoms with Gasteiger partial charge in [0.15, 0.2) is 0 Å². The Bertz CT molecular complexity index is 597. The van der Waals surface area contributed by atoms with Crippen LogP contribution in [-0.4, -0.2) is 17.4 Å². The zero-order chi connectivity index (χ0) is 16.0. The smallest absolute Gasteiger partial charge is 0.282 e. The Morgan fingerprint density at radius 2 is 1.90 bits per heavy atom. The fourth-order valence-corrected chi connectivity index (χ4v) is 2.98. The van der Waals surface area contributed by atoms with Crippen molar-refractivity contribution >= 4 is 11.6 Å². The lowest BCUT2D eigenvalue weighted by Crippen LogP contribution is -2.27. The number of hydrogen-bond acceptors (Lipinski definition) is 3. The first kappa shape index (κ1) is 15.4. The number of rotatable bonds is 4. The van der Waals surface area contributed by atoms with E-state index < -0.39 is 16.6 Å². The van der Waals surface area contributed by atoms with Gasteiger partial charge >= 0.3 is 0 Å². The van der Waals surface area contributed by atoms with E-state index >= 15 is 0 Å². The summed E-state index contributed by atoms with van der Waals surface area (Å²) in [5.74, 6) is -0.987. The molecule has 1 fully saturated rings. The zero-order valence-corrected chi connectivity index (χ0v) is 12.6. The Kier molecular flexibility index (Phi) is 3.51. The Balaban J connectivity index is 2.12. The fourth-order valence-electron chi connectivity index (χ4n) is 2.98. The van der Waals surface area contributed by atoms with Crippen molar-refractivity contribution in [2.45, 2.75) is 27.7 Å². The minimum Gasteiger partial charge on any atom is -0.351 e. The van der Waals surface area contributed by atoms with Crippen molar-refractivity contribution in [3.05, 3.63) is 39.7 Å². The van der Waals surface area contributed by atoms with Crippen LogP contribution in [0, 0.1) is 32.7 Å². The van der Waals surface area contributed by atoms with Crippen LogP contribution in [-0.2, 0) is 0 Å². The van der Waals surface area contributed by atoms with Gasteiger partial charge < -0.3 is 5.32 Å². The minimum atomic E-state index is -0.681. The molecule has 21 heavy (non-hydrogen) atoms. The van der Waals surface area contributed by atoms with Gasteiger partial charge in [-0.25, -0.2) is 4.39 Å². The molecule has 0 saturated heterocycles. The average molecular weight is 294 g/mol. The molecule has 1 aromatic rings. The van der Waals surface area contributed by atoms with Crippen LogP contribution in [0.3, 0.4) is 0 Å². The lowest BCUT2D eigenvalue weighted by molar-refractivity contribution is -0.385. The number of halogens is 1. The SMILES string of the molecule is CC1(C)C(CNC(=O)c2cc(F)ccc2[N+](=O)[O-])C1(C)C. The van der Waals surface area contributed by atoms with Gasteiger partial charge in [0.2, 0.25) is 0 Å². The van der Waals surface area contributed by atoms with Gasteiger partial charge in [-0.2, -0.15) is 0 Å². The first-order chi connectivity index (χ1) is 9.59. The van der Waals surface area contributed by atoms with Crippen molar-refractivity contribution in [3.63, 3.8) is 0 Å². The van der Waals surface area contributed by atoms with Crippen molar-refractivity contribution in [2.75, 3.05) is 6.54 Å². The summed E-state index contributed by atoms with van der Waals surface area (Å²) >= 11 is 0. The minimum absolute atomic E-state index is 0.105. The Morgan fingerprint density at radius 1 is 1.33 bits per heavy atom. The molecule has 0 radical (unpaired) electrons. The first-order valence-electron chi connectivity index (χ1n) is 6.81. The van der Waals surface area contributed by atoms with E-state index in [1.54, 1.807) is 0 Å². The van der Waals surface area contributed by atoms with Crippen LogP contribution < -0.4 is 5.32 Å². The molecule has 1 aliphatic rings. The number of hydrogen-bond donors (Lipinski definition) is 1. The third kappa shape index (κ3) is 2.50. The second-order valence-electron chi connectivity index (χ2n) is 6.62. The van der Waals surface area contributed by atoms with Crippen LogP contribution in [0.5, 0.6) is 0 Å². The van der Waals surface area contributed by atoms with E-state index in [9.17, 15) is 19.3 Å². The maximum atomic E-state index is 13.2. The van der Waals surface area contributed by atoms with E-state index in [4.69, 9.17) is 0 Å². The lowest BCUT2D eigenvalue weighted by atomic mass is 10.0.